The van der Waals surface area contributed by atoms with Gasteiger partial charge in [0.25, 0.3) is 5.91 Å². The molecule has 124 valence electrons. The van der Waals surface area contributed by atoms with Crippen LogP contribution in [0, 0.1) is 5.41 Å². The third-order valence-corrected chi connectivity index (χ3v) is 5.32. The molecule has 1 spiro atoms. The predicted octanol–water partition coefficient (Wildman–Crippen LogP) is 1.68. The van der Waals surface area contributed by atoms with E-state index in [1.54, 1.807) is 36.1 Å². The van der Waals surface area contributed by atoms with Gasteiger partial charge in [0.15, 0.2) is 5.60 Å². The lowest BCUT2D eigenvalue weighted by atomic mass is 9.86. The Balaban J connectivity index is 1.82. The van der Waals surface area contributed by atoms with Crippen LogP contribution in [0.1, 0.15) is 31.7 Å². The van der Waals surface area contributed by atoms with Crippen LogP contribution in [0.3, 0.4) is 0 Å². The van der Waals surface area contributed by atoms with E-state index in [0.29, 0.717) is 36.6 Å². The smallest absolute Gasteiger partial charge is 0.259 e. The highest BCUT2D eigenvalue weighted by Crippen LogP contribution is 2.39. The minimum absolute atomic E-state index is 0.0416. The molecule has 0 unspecified atom stereocenters. The van der Waals surface area contributed by atoms with Crippen molar-refractivity contribution in [1.82, 2.24) is 10.2 Å². The van der Waals surface area contributed by atoms with Crippen molar-refractivity contribution in [1.29, 1.82) is 0 Å². The Morgan fingerprint density at radius 1 is 1.52 bits per heavy atom. The maximum Gasteiger partial charge on any atom is 0.259 e. The van der Waals surface area contributed by atoms with Gasteiger partial charge in [0.05, 0.1) is 0 Å². The van der Waals surface area contributed by atoms with Crippen molar-refractivity contribution in [2.24, 2.45) is 5.41 Å². The zero-order valence-electron chi connectivity index (χ0n) is 13.1. The van der Waals surface area contributed by atoms with Crippen molar-refractivity contribution < 1.29 is 14.7 Å². The highest BCUT2D eigenvalue weighted by molar-refractivity contribution is 6.30. The van der Waals surface area contributed by atoms with Gasteiger partial charge in [-0.3, -0.25) is 9.59 Å². The molecule has 6 heteroatoms. The SMILES string of the molecule is CC[C@@](O)(C(=O)N1CC[C@]2(CNC(=O)C2)C1)c1cccc(Cl)c1. The number of rotatable bonds is 3. The quantitative estimate of drug-likeness (QED) is 0.882. The summed E-state index contributed by atoms with van der Waals surface area (Å²) in [5.74, 6) is -0.265. The van der Waals surface area contributed by atoms with Gasteiger partial charge in [0, 0.05) is 36.5 Å². The number of benzene rings is 1. The number of nitrogens with one attached hydrogen (secondary N) is 1. The van der Waals surface area contributed by atoms with E-state index in [4.69, 9.17) is 11.6 Å². The third kappa shape index (κ3) is 2.83. The molecule has 2 N–H and O–H groups in total. The first-order valence-electron chi connectivity index (χ1n) is 7.93. The molecule has 2 fully saturated rings. The first kappa shape index (κ1) is 16.3. The van der Waals surface area contributed by atoms with E-state index in [-0.39, 0.29) is 23.7 Å². The van der Waals surface area contributed by atoms with E-state index in [2.05, 4.69) is 5.32 Å². The normalized spacial score (nSPS) is 26.4. The number of amides is 2. The Bertz CT molecular complexity index is 650. The number of hydrogen-bond acceptors (Lipinski definition) is 3. The summed E-state index contributed by atoms with van der Waals surface area (Å²) >= 11 is 6.00. The molecule has 0 aromatic heterocycles. The fraction of sp³-hybridized carbons (Fsp3) is 0.529. The molecular weight excluding hydrogens is 316 g/mol. The van der Waals surface area contributed by atoms with Gasteiger partial charge in [-0.1, -0.05) is 30.7 Å². The molecule has 0 radical (unpaired) electrons. The summed E-state index contributed by atoms with van der Waals surface area (Å²) in [4.78, 5) is 26.2. The van der Waals surface area contributed by atoms with Crippen molar-refractivity contribution >= 4 is 23.4 Å². The monoisotopic (exact) mass is 336 g/mol. The number of aliphatic hydroxyl groups is 1. The molecule has 2 amide bonds. The molecule has 2 saturated heterocycles. The molecule has 3 rings (SSSR count). The molecule has 2 aliphatic heterocycles. The summed E-state index contributed by atoms with van der Waals surface area (Å²) in [7, 11) is 0. The van der Waals surface area contributed by atoms with E-state index in [1.165, 1.54) is 0 Å². The Labute approximate surface area is 140 Å². The first-order chi connectivity index (χ1) is 10.9. The predicted molar refractivity (Wildman–Crippen MR) is 86.9 cm³/mol. The van der Waals surface area contributed by atoms with Gasteiger partial charge >= 0.3 is 0 Å². The average Bonchev–Trinajstić information content (AvgIpc) is 3.12. The van der Waals surface area contributed by atoms with E-state index < -0.39 is 5.60 Å². The lowest BCUT2D eigenvalue weighted by Gasteiger charge is -2.32. The van der Waals surface area contributed by atoms with Crippen LogP contribution < -0.4 is 5.32 Å². The second-order valence-corrected chi connectivity index (χ2v) is 7.09. The fourth-order valence-corrected chi connectivity index (χ4v) is 3.83. The van der Waals surface area contributed by atoms with Gasteiger partial charge in [0.1, 0.15) is 0 Å². The second-order valence-electron chi connectivity index (χ2n) is 6.65. The summed E-state index contributed by atoms with van der Waals surface area (Å²) in [5.41, 5.74) is -1.23. The summed E-state index contributed by atoms with van der Waals surface area (Å²) in [6, 6.07) is 6.80. The van der Waals surface area contributed by atoms with Gasteiger partial charge in [-0.15, -0.1) is 0 Å². The van der Waals surface area contributed by atoms with Gasteiger partial charge < -0.3 is 15.3 Å². The Morgan fingerprint density at radius 3 is 2.91 bits per heavy atom. The van der Waals surface area contributed by atoms with E-state index >= 15 is 0 Å². The number of hydrogen-bond donors (Lipinski definition) is 2. The van der Waals surface area contributed by atoms with Gasteiger partial charge in [0.2, 0.25) is 5.91 Å². The standard InChI is InChI=1S/C17H21ClN2O3/c1-2-17(23,12-4-3-5-13(18)8-12)15(22)20-7-6-16(11-20)9-14(21)19-10-16/h3-5,8,23H,2,6-7,9-11H2,1H3,(H,19,21)/t16-,17-/m0/s1. The molecule has 1 aromatic rings. The van der Waals surface area contributed by atoms with Crippen LogP contribution in [0.25, 0.3) is 0 Å². The maximum atomic E-state index is 13.0. The summed E-state index contributed by atoms with van der Waals surface area (Å²) in [6.45, 7) is 3.47. The molecule has 1 aromatic carbocycles. The number of likely N-dealkylation sites (tertiary alicyclic amines) is 1. The Morgan fingerprint density at radius 2 is 2.30 bits per heavy atom. The van der Waals surface area contributed by atoms with Crippen molar-refractivity contribution in [3.8, 4) is 0 Å². The van der Waals surface area contributed by atoms with Crippen LogP contribution in [0.15, 0.2) is 24.3 Å². The molecule has 23 heavy (non-hydrogen) atoms. The Hall–Kier alpha value is -1.59. The number of carbonyl (C=O) groups is 2. The van der Waals surface area contributed by atoms with E-state index in [9.17, 15) is 14.7 Å². The van der Waals surface area contributed by atoms with Gasteiger partial charge in [-0.25, -0.2) is 0 Å². The topological polar surface area (TPSA) is 69.6 Å². The summed E-state index contributed by atoms with van der Waals surface area (Å²) in [5, 5.41) is 14.3. The molecule has 5 nitrogen and oxygen atoms in total. The lowest BCUT2D eigenvalue weighted by molar-refractivity contribution is -0.152. The number of carbonyl (C=O) groups excluding carboxylic acids is 2. The average molecular weight is 337 g/mol. The largest absolute Gasteiger partial charge is 0.375 e. The van der Waals surface area contributed by atoms with Crippen molar-refractivity contribution in [3.05, 3.63) is 34.9 Å². The van der Waals surface area contributed by atoms with E-state index in [1.807, 2.05) is 0 Å². The van der Waals surface area contributed by atoms with Crippen molar-refractivity contribution in [2.75, 3.05) is 19.6 Å². The van der Waals surface area contributed by atoms with Crippen molar-refractivity contribution in [3.63, 3.8) is 0 Å². The molecule has 2 atom stereocenters. The third-order valence-electron chi connectivity index (χ3n) is 5.09. The summed E-state index contributed by atoms with van der Waals surface area (Å²) in [6.07, 6.45) is 1.51. The second kappa shape index (κ2) is 5.80. The van der Waals surface area contributed by atoms with Crippen LogP contribution in [-0.4, -0.2) is 41.5 Å². The minimum atomic E-state index is -1.58. The zero-order valence-corrected chi connectivity index (χ0v) is 13.9. The van der Waals surface area contributed by atoms with Gasteiger partial charge in [-0.2, -0.15) is 0 Å². The minimum Gasteiger partial charge on any atom is -0.375 e. The fourth-order valence-electron chi connectivity index (χ4n) is 3.63. The van der Waals surface area contributed by atoms with Gasteiger partial charge in [-0.05, 0) is 30.5 Å². The molecule has 0 saturated carbocycles. The van der Waals surface area contributed by atoms with Crippen LogP contribution in [0.5, 0.6) is 0 Å². The first-order valence-corrected chi connectivity index (χ1v) is 8.31. The van der Waals surface area contributed by atoms with E-state index in [0.717, 1.165) is 6.42 Å². The molecule has 2 heterocycles. The lowest BCUT2D eigenvalue weighted by Crippen LogP contribution is -2.46. The van der Waals surface area contributed by atoms with Crippen LogP contribution in [-0.2, 0) is 15.2 Å². The molecule has 0 aliphatic carbocycles. The number of nitrogens with zero attached hydrogens (tertiary/aromatic N) is 1. The zero-order chi connectivity index (χ0) is 16.7. The Kier molecular flexibility index (Phi) is 4.10. The summed E-state index contributed by atoms with van der Waals surface area (Å²) < 4.78 is 0. The van der Waals surface area contributed by atoms with Crippen LogP contribution >= 0.6 is 11.6 Å². The molecule has 0 bridgehead atoms. The van der Waals surface area contributed by atoms with Crippen molar-refractivity contribution in [2.45, 2.75) is 31.8 Å². The molecular formula is C17H21ClN2O3. The molecule has 2 aliphatic rings. The maximum absolute atomic E-state index is 13.0. The highest BCUT2D eigenvalue weighted by atomic mass is 35.5. The van der Waals surface area contributed by atoms with Crippen LogP contribution in [0.2, 0.25) is 5.02 Å². The van der Waals surface area contributed by atoms with Crippen LogP contribution in [0.4, 0.5) is 0 Å². The highest BCUT2D eigenvalue weighted by Gasteiger charge is 2.49. The number of halogens is 1.